The van der Waals surface area contributed by atoms with Gasteiger partial charge in [-0.2, -0.15) is 0 Å². The highest BCUT2D eigenvalue weighted by Crippen LogP contribution is 2.26. The molecular weight excluding hydrogens is 336 g/mol. The number of carboxylic acids is 1. The third-order valence-corrected chi connectivity index (χ3v) is 3.48. The molecule has 21 heavy (non-hydrogen) atoms. The summed E-state index contributed by atoms with van der Waals surface area (Å²) < 4.78 is 0.697. The fourth-order valence-corrected chi connectivity index (χ4v) is 2.42. The zero-order valence-corrected chi connectivity index (χ0v) is 14.0. The van der Waals surface area contributed by atoms with Crippen LogP contribution in [0, 0.1) is 11.3 Å². The predicted octanol–water partition coefficient (Wildman–Crippen LogP) is 3.10. The van der Waals surface area contributed by atoms with Gasteiger partial charge in [0, 0.05) is 11.0 Å². The molecule has 0 saturated heterocycles. The van der Waals surface area contributed by atoms with Crippen LogP contribution in [0.5, 0.6) is 0 Å². The normalized spacial score (nSPS) is 12.8. The minimum Gasteiger partial charge on any atom is -0.478 e. The number of halogens is 1. The second-order valence-electron chi connectivity index (χ2n) is 6.18. The number of anilines is 1. The Morgan fingerprint density at radius 1 is 1.38 bits per heavy atom. The molecule has 4 N–H and O–H groups in total. The monoisotopic (exact) mass is 356 g/mol. The Morgan fingerprint density at radius 2 is 2.00 bits per heavy atom. The molecule has 0 bridgehead atoms. The molecule has 0 aromatic heterocycles. The summed E-state index contributed by atoms with van der Waals surface area (Å²) in [5.74, 6) is -1.70. The van der Waals surface area contributed by atoms with Crippen molar-refractivity contribution >= 4 is 33.5 Å². The molecule has 0 aliphatic rings. The molecule has 5 nitrogen and oxygen atoms in total. The molecule has 1 aromatic carbocycles. The lowest BCUT2D eigenvalue weighted by Crippen LogP contribution is -2.32. The van der Waals surface area contributed by atoms with E-state index in [1.165, 1.54) is 6.07 Å². The zero-order valence-electron chi connectivity index (χ0n) is 12.4. The first-order valence-electron chi connectivity index (χ1n) is 6.68. The second-order valence-corrected chi connectivity index (χ2v) is 7.10. The van der Waals surface area contributed by atoms with Crippen molar-refractivity contribution in [3.8, 4) is 0 Å². The predicted molar refractivity (Wildman–Crippen MR) is 86.3 cm³/mol. The molecule has 1 atom stereocenters. The fourth-order valence-electron chi connectivity index (χ4n) is 2.06. The maximum atomic E-state index is 12.3. The lowest BCUT2D eigenvalue weighted by molar-refractivity contribution is -0.120. The number of carboxylic acid groups (broad SMARTS) is 1. The average Bonchev–Trinajstić information content (AvgIpc) is 2.34. The van der Waals surface area contributed by atoms with Gasteiger partial charge in [-0.3, -0.25) is 4.79 Å². The van der Waals surface area contributed by atoms with Crippen LogP contribution in [0.2, 0.25) is 0 Å². The van der Waals surface area contributed by atoms with Gasteiger partial charge in [0.2, 0.25) is 5.91 Å². The van der Waals surface area contributed by atoms with E-state index >= 15 is 0 Å². The van der Waals surface area contributed by atoms with Gasteiger partial charge in [0.25, 0.3) is 0 Å². The van der Waals surface area contributed by atoms with Crippen molar-refractivity contribution in [2.24, 2.45) is 17.1 Å². The van der Waals surface area contributed by atoms with Crippen LogP contribution in [0.4, 0.5) is 5.69 Å². The molecule has 0 aliphatic heterocycles. The first-order chi connectivity index (χ1) is 9.64. The fraction of sp³-hybridized carbons (Fsp3) is 0.467. The Kier molecular flexibility index (Phi) is 5.92. The summed E-state index contributed by atoms with van der Waals surface area (Å²) in [5.41, 5.74) is 5.97. The van der Waals surface area contributed by atoms with Crippen LogP contribution in [0.1, 0.15) is 37.6 Å². The summed E-state index contributed by atoms with van der Waals surface area (Å²) in [5, 5.41) is 11.8. The zero-order chi connectivity index (χ0) is 16.2. The van der Waals surface area contributed by atoms with E-state index in [4.69, 9.17) is 10.8 Å². The van der Waals surface area contributed by atoms with Crippen LogP contribution in [0.25, 0.3) is 0 Å². The van der Waals surface area contributed by atoms with Crippen molar-refractivity contribution in [2.75, 3.05) is 11.9 Å². The van der Waals surface area contributed by atoms with E-state index < -0.39 is 5.97 Å². The molecule has 0 saturated carbocycles. The Labute approximate surface area is 133 Å². The van der Waals surface area contributed by atoms with E-state index in [0.29, 0.717) is 10.9 Å². The van der Waals surface area contributed by atoms with Crippen LogP contribution >= 0.6 is 15.9 Å². The molecule has 1 aromatic rings. The van der Waals surface area contributed by atoms with Crippen LogP contribution < -0.4 is 11.1 Å². The number of amides is 1. The van der Waals surface area contributed by atoms with Crippen molar-refractivity contribution in [3.05, 3.63) is 28.2 Å². The molecule has 0 radical (unpaired) electrons. The van der Waals surface area contributed by atoms with E-state index in [9.17, 15) is 9.59 Å². The number of benzene rings is 1. The number of hydrogen-bond donors (Lipinski definition) is 3. The maximum Gasteiger partial charge on any atom is 0.337 e. The third-order valence-electron chi connectivity index (χ3n) is 2.98. The summed E-state index contributed by atoms with van der Waals surface area (Å²) in [6.07, 6.45) is 0.631. The molecule has 116 valence electrons. The summed E-state index contributed by atoms with van der Waals surface area (Å²) >= 11 is 3.27. The van der Waals surface area contributed by atoms with Gasteiger partial charge in [0.1, 0.15) is 0 Å². The third kappa shape index (κ3) is 5.47. The van der Waals surface area contributed by atoms with Gasteiger partial charge >= 0.3 is 5.97 Å². The number of hydrogen-bond acceptors (Lipinski definition) is 3. The van der Waals surface area contributed by atoms with E-state index in [1.807, 2.05) is 20.8 Å². The summed E-state index contributed by atoms with van der Waals surface area (Å²) in [6, 6.07) is 4.64. The first-order valence-corrected chi connectivity index (χ1v) is 7.47. The van der Waals surface area contributed by atoms with Gasteiger partial charge in [-0.1, -0.05) is 36.7 Å². The molecule has 0 heterocycles. The van der Waals surface area contributed by atoms with E-state index in [1.54, 1.807) is 12.1 Å². The highest BCUT2D eigenvalue weighted by Gasteiger charge is 2.25. The minimum atomic E-state index is -1.09. The summed E-state index contributed by atoms with van der Waals surface area (Å²) in [4.78, 5) is 23.5. The van der Waals surface area contributed by atoms with E-state index in [2.05, 4.69) is 21.2 Å². The van der Waals surface area contributed by atoms with Crippen molar-refractivity contribution in [1.29, 1.82) is 0 Å². The van der Waals surface area contributed by atoms with E-state index in [-0.39, 0.29) is 35.0 Å². The molecule has 1 unspecified atom stereocenters. The number of rotatable bonds is 5. The summed E-state index contributed by atoms with van der Waals surface area (Å²) in [7, 11) is 0. The smallest absolute Gasteiger partial charge is 0.337 e. The standard InChI is InChI=1S/C15H21BrN2O3/c1-15(2,3)7-9(8-17)13(19)18-12-6-10(16)4-5-11(12)14(20)21/h4-6,9H,7-8,17H2,1-3H3,(H,18,19)(H,20,21). The second kappa shape index (κ2) is 7.04. The minimum absolute atomic E-state index is 0.0335. The van der Waals surface area contributed by atoms with Crippen molar-refractivity contribution in [1.82, 2.24) is 0 Å². The number of aromatic carboxylic acids is 1. The number of carbonyl (C=O) groups is 2. The molecule has 1 amide bonds. The lowest BCUT2D eigenvalue weighted by atomic mass is 9.84. The summed E-state index contributed by atoms with van der Waals surface area (Å²) in [6.45, 7) is 6.32. The number of nitrogens with two attached hydrogens (primary N) is 1. The highest BCUT2D eigenvalue weighted by atomic mass is 79.9. The Hall–Kier alpha value is -1.40. The Bertz CT molecular complexity index is 538. The SMILES string of the molecule is CC(C)(C)CC(CN)C(=O)Nc1cc(Br)ccc1C(=O)O. The number of carbonyl (C=O) groups excluding carboxylic acids is 1. The van der Waals surface area contributed by atoms with Crippen LogP contribution in [-0.4, -0.2) is 23.5 Å². The van der Waals surface area contributed by atoms with Crippen LogP contribution in [-0.2, 0) is 4.79 Å². The maximum absolute atomic E-state index is 12.3. The molecule has 0 fully saturated rings. The van der Waals surface area contributed by atoms with Crippen molar-refractivity contribution in [2.45, 2.75) is 27.2 Å². The van der Waals surface area contributed by atoms with Gasteiger partial charge < -0.3 is 16.2 Å². The molecule has 6 heteroatoms. The van der Waals surface area contributed by atoms with Crippen LogP contribution in [0.3, 0.4) is 0 Å². The molecule has 1 rings (SSSR count). The first kappa shape index (κ1) is 17.7. The van der Waals surface area contributed by atoms with E-state index in [0.717, 1.165) is 0 Å². The number of nitrogens with one attached hydrogen (secondary N) is 1. The Morgan fingerprint density at radius 3 is 2.48 bits per heavy atom. The average molecular weight is 357 g/mol. The van der Waals surface area contributed by atoms with Gasteiger partial charge in [0.05, 0.1) is 17.2 Å². The van der Waals surface area contributed by atoms with Crippen molar-refractivity contribution in [3.63, 3.8) is 0 Å². The quantitative estimate of drug-likeness (QED) is 0.755. The molecular formula is C15H21BrN2O3. The topological polar surface area (TPSA) is 92.4 Å². The molecule has 0 spiro atoms. The largest absolute Gasteiger partial charge is 0.478 e. The Balaban J connectivity index is 2.96. The van der Waals surface area contributed by atoms with Gasteiger partial charge in [-0.05, 0) is 30.0 Å². The molecule has 0 aliphatic carbocycles. The van der Waals surface area contributed by atoms with Crippen LogP contribution in [0.15, 0.2) is 22.7 Å². The highest BCUT2D eigenvalue weighted by molar-refractivity contribution is 9.10. The van der Waals surface area contributed by atoms with Gasteiger partial charge in [0.15, 0.2) is 0 Å². The van der Waals surface area contributed by atoms with Gasteiger partial charge in [-0.15, -0.1) is 0 Å². The van der Waals surface area contributed by atoms with Gasteiger partial charge in [-0.25, -0.2) is 4.79 Å². The lowest BCUT2D eigenvalue weighted by Gasteiger charge is -2.24. The van der Waals surface area contributed by atoms with Crippen molar-refractivity contribution < 1.29 is 14.7 Å².